The summed E-state index contributed by atoms with van der Waals surface area (Å²) in [7, 11) is 0. The van der Waals surface area contributed by atoms with Crippen molar-refractivity contribution >= 4 is 17.5 Å². The first kappa shape index (κ1) is 10.5. The molecule has 7 heteroatoms. The van der Waals surface area contributed by atoms with Gasteiger partial charge in [0.25, 0.3) is 0 Å². The highest BCUT2D eigenvalue weighted by Gasteiger charge is 2.16. The third-order valence-corrected chi connectivity index (χ3v) is 0.760. The molecule has 0 spiro atoms. The number of hydrogen-bond donors (Lipinski definition) is 1. The number of ketones is 1. The predicted octanol–water partition coefficient (Wildman–Crippen LogP) is 0.255. The maximum atomic E-state index is 11.3. The molecule has 0 aliphatic rings. The Kier molecular flexibility index (Phi) is 3.81. The number of carboxylic acids is 1. The van der Waals surface area contributed by atoms with Crippen LogP contribution in [-0.2, 0) is 14.4 Å². The summed E-state index contributed by atoms with van der Waals surface area (Å²) in [5.41, 5.74) is -1.06. The predicted molar refractivity (Wildman–Crippen MR) is 32.8 cm³/mol. The van der Waals surface area contributed by atoms with Crippen molar-refractivity contribution in [3.63, 3.8) is 0 Å². The maximum absolute atomic E-state index is 11.3. The number of Topliss-reactive ketones (excluding diaryl/α,β-unsaturated/α-hetero) is 1. The normalized spacial score (nSPS) is 11.5. The second kappa shape index (κ2) is 4.37. The van der Waals surface area contributed by atoms with E-state index in [1.807, 2.05) is 0 Å². The first-order chi connectivity index (χ1) is 5.45. The molecule has 0 saturated carbocycles. The number of carbonyl (C=O) groups is 2. The van der Waals surface area contributed by atoms with Gasteiger partial charge < -0.3 is 9.94 Å². The largest absolute Gasteiger partial charge is 0.476 e. The molecule has 0 aliphatic heterocycles. The van der Waals surface area contributed by atoms with E-state index in [4.69, 9.17) is 5.11 Å². The zero-order valence-electron chi connectivity index (χ0n) is 5.95. The molecule has 5 nitrogen and oxygen atoms in total. The van der Waals surface area contributed by atoms with Gasteiger partial charge in [-0.3, -0.25) is 4.79 Å². The Morgan fingerprint density at radius 3 is 2.25 bits per heavy atom. The molecule has 0 aliphatic carbocycles. The molecule has 12 heavy (non-hydrogen) atoms. The maximum Gasteiger partial charge on any atom is 0.407 e. The van der Waals surface area contributed by atoms with Crippen molar-refractivity contribution < 1.29 is 28.3 Å². The van der Waals surface area contributed by atoms with Crippen LogP contribution in [0.4, 0.5) is 8.78 Å². The SMILES string of the molecule is CC(=O)C(=NOC(F)F)C(=O)O. The topological polar surface area (TPSA) is 76.0 Å². The summed E-state index contributed by atoms with van der Waals surface area (Å²) in [5, 5.41) is 10.6. The van der Waals surface area contributed by atoms with Gasteiger partial charge in [-0.25, -0.2) is 4.79 Å². The molecular formula is C5H5F2NO4. The molecule has 0 radical (unpaired) electrons. The van der Waals surface area contributed by atoms with Crippen molar-refractivity contribution in [1.29, 1.82) is 0 Å². The van der Waals surface area contributed by atoms with Crippen LogP contribution in [0.15, 0.2) is 5.16 Å². The van der Waals surface area contributed by atoms with Gasteiger partial charge in [-0.2, -0.15) is 8.78 Å². The number of hydrogen-bond acceptors (Lipinski definition) is 4. The Morgan fingerprint density at radius 1 is 1.50 bits per heavy atom. The van der Waals surface area contributed by atoms with Crippen molar-refractivity contribution in [2.24, 2.45) is 5.16 Å². The van der Waals surface area contributed by atoms with Crippen LogP contribution in [0.5, 0.6) is 0 Å². The highest BCUT2D eigenvalue weighted by molar-refractivity contribution is 6.63. The van der Waals surface area contributed by atoms with Gasteiger partial charge >= 0.3 is 12.6 Å². The molecule has 1 N–H and O–H groups in total. The molecule has 0 aromatic rings. The van der Waals surface area contributed by atoms with Crippen molar-refractivity contribution in [2.45, 2.75) is 13.5 Å². The van der Waals surface area contributed by atoms with Gasteiger partial charge in [-0.05, 0) is 0 Å². The van der Waals surface area contributed by atoms with Crippen LogP contribution < -0.4 is 0 Å². The summed E-state index contributed by atoms with van der Waals surface area (Å²) in [4.78, 5) is 23.7. The monoisotopic (exact) mass is 181 g/mol. The molecular weight excluding hydrogens is 176 g/mol. The number of halogens is 2. The summed E-state index contributed by atoms with van der Waals surface area (Å²) in [6, 6.07) is 0. The Morgan fingerprint density at radius 2 is 2.00 bits per heavy atom. The van der Waals surface area contributed by atoms with Gasteiger partial charge in [0.15, 0.2) is 5.78 Å². The summed E-state index contributed by atoms with van der Waals surface area (Å²) >= 11 is 0. The summed E-state index contributed by atoms with van der Waals surface area (Å²) in [6.45, 7) is -2.36. The highest BCUT2D eigenvalue weighted by atomic mass is 19.3. The van der Waals surface area contributed by atoms with Crippen LogP contribution >= 0.6 is 0 Å². The van der Waals surface area contributed by atoms with E-state index in [9.17, 15) is 18.4 Å². The van der Waals surface area contributed by atoms with E-state index in [1.54, 1.807) is 0 Å². The van der Waals surface area contributed by atoms with Gasteiger partial charge in [0.05, 0.1) is 0 Å². The minimum Gasteiger partial charge on any atom is -0.476 e. The van der Waals surface area contributed by atoms with Crippen LogP contribution in [0.25, 0.3) is 0 Å². The highest BCUT2D eigenvalue weighted by Crippen LogP contribution is 1.95. The van der Waals surface area contributed by atoms with Gasteiger partial charge in [-0.1, -0.05) is 5.16 Å². The van der Waals surface area contributed by atoms with Crippen LogP contribution in [0, 0.1) is 0 Å². The lowest BCUT2D eigenvalue weighted by molar-refractivity contribution is -0.135. The van der Waals surface area contributed by atoms with Crippen LogP contribution in [0.3, 0.4) is 0 Å². The summed E-state index contributed by atoms with van der Waals surface area (Å²) in [6.07, 6.45) is 0. The molecule has 0 saturated heterocycles. The smallest absolute Gasteiger partial charge is 0.407 e. The van der Waals surface area contributed by atoms with E-state index in [1.165, 1.54) is 0 Å². The van der Waals surface area contributed by atoms with Gasteiger partial charge in [-0.15, -0.1) is 0 Å². The lowest BCUT2D eigenvalue weighted by Crippen LogP contribution is -2.21. The van der Waals surface area contributed by atoms with Crippen LogP contribution in [0.1, 0.15) is 6.92 Å². The van der Waals surface area contributed by atoms with Crippen molar-refractivity contribution in [2.75, 3.05) is 0 Å². The molecule has 0 aromatic carbocycles. The number of nitrogens with zero attached hydrogens (tertiary/aromatic N) is 1. The van der Waals surface area contributed by atoms with Gasteiger partial charge in [0.1, 0.15) is 0 Å². The molecule has 0 rings (SSSR count). The molecule has 0 fully saturated rings. The Bertz CT molecular complexity index is 209. The van der Waals surface area contributed by atoms with Gasteiger partial charge in [0.2, 0.25) is 5.71 Å². The second-order valence-corrected chi connectivity index (χ2v) is 1.67. The van der Waals surface area contributed by atoms with E-state index in [0.717, 1.165) is 6.92 Å². The first-order valence-corrected chi connectivity index (χ1v) is 2.71. The van der Waals surface area contributed by atoms with Gasteiger partial charge in [0, 0.05) is 6.92 Å². The molecule has 0 heterocycles. The molecule has 0 unspecified atom stereocenters. The molecule has 0 atom stereocenters. The second-order valence-electron chi connectivity index (χ2n) is 1.67. The minimum atomic E-state index is -3.24. The Balaban J connectivity index is 4.40. The number of alkyl halides is 2. The number of rotatable bonds is 4. The summed E-state index contributed by atoms with van der Waals surface area (Å²) < 4.78 is 22.6. The van der Waals surface area contributed by atoms with Crippen LogP contribution in [0.2, 0.25) is 0 Å². The van der Waals surface area contributed by atoms with Crippen molar-refractivity contribution in [3.8, 4) is 0 Å². The molecule has 0 amide bonds. The van der Waals surface area contributed by atoms with E-state index >= 15 is 0 Å². The zero-order chi connectivity index (χ0) is 9.72. The van der Waals surface area contributed by atoms with E-state index in [0.29, 0.717) is 0 Å². The van der Waals surface area contributed by atoms with Crippen molar-refractivity contribution in [3.05, 3.63) is 0 Å². The average Bonchev–Trinajstić information content (AvgIpc) is 1.84. The van der Waals surface area contributed by atoms with E-state index < -0.39 is 24.1 Å². The number of carboxylic acid groups (broad SMARTS) is 1. The Labute approximate surface area is 65.6 Å². The third kappa shape index (κ3) is 3.59. The Hall–Kier alpha value is -1.53. The molecule has 68 valence electrons. The molecule has 0 bridgehead atoms. The average molecular weight is 181 g/mol. The number of oxime groups is 1. The lowest BCUT2D eigenvalue weighted by atomic mass is 10.3. The van der Waals surface area contributed by atoms with Crippen LogP contribution in [-0.4, -0.2) is 29.2 Å². The van der Waals surface area contributed by atoms with E-state index in [2.05, 4.69) is 9.99 Å². The summed E-state index contributed by atoms with van der Waals surface area (Å²) in [5.74, 6) is -2.66. The molecule has 0 aromatic heterocycles. The quantitative estimate of drug-likeness (QED) is 0.383. The van der Waals surface area contributed by atoms with Crippen molar-refractivity contribution in [1.82, 2.24) is 0 Å². The van der Waals surface area contributed by atoms with E-state index in [-0.39, 0.29) is 0 Å². The number of carbonyl (C=O) groups excluding carboxylic acids is 1. The zero-order valence-corrected chi connectivity index (χ0v) is 5.95. The number of aliphatic carboxylic acids is 1. The standard InChI is InChI=1S/C5H5F2NO4/c1-2(9)3(4(10)11)8-12-5(6)7/h5H,1H3,(H,10,11). The fourth-order valence-corrected chi connectivity index (χ4v) is 0.346. The third-order valence-electron chi connectivity index (χ3n) is 0.760. The minimum absolute atomic E-state index is 0.877. The first-order valence-electron chi connectivity index (χ1n) is 2.71. The lowest BCUT2D eigenvalue weighted by Gasteiger charge is -1.96. The fourth-order valence-electron chi connectivity index (χ4n) is 0.346. The fraction of sp³-hybridized carbons (Fsp3) is 0.400.